The zero-order valence-corrected chi connectivity index (χ0v) is 29.7. The molecule has 0 radical (unpaired) electrons. The van der Waals surface area contributed by atoms with Crippen molar-refractivity contribution >= 4 is 76.9 Å². The van der Waals surface area contributed by atoms with Gasteiger partial charge in [-0.05, 0) is 130 Å². The average Bonchev–Trinajstić information content (AvgIpc) is 3.03. The molecule has 2 saturated carbocycles. The van der Waals surface area contributed by atoms with Crippen LogP contribution in [0.15, 0.2) is 38.1 Å². The number of methoxy groups -OCH3 is 2. The second-order valence-electron chi connectivity index (χ2n) is 10.6. The van der Waals surface area contributed by atoms with Crippen molar-refractivity contribution in [1.82, 2.24) is 9.97 Å². The van der Waals surface area contributed by atoms with Gasteiger partial charge in [-0.15, -0.1) is 0 Å². The van der Waals surface area contributed by atoms with Crippen molar-refractivity contribution in [2.45, 2.75) is 51.4 Å². The number of nitrogens with one attached hydrogen (secondary N) is 1. The van der Waals surface area contributed by atoms with Crippen LogP contribution in [-0.2, 0) is 19.1 Å². The Labute approximate surface area is 286 Å². The Kier molecular flexibility index (Phi) is 16.8. The number of rotatable bonds is 8. The van der Waals surface area contributed by atoms with Crippen LogP contribution in [0.1, 0.15) is 51.4 Å². The third kappa shape index (κ3) is 12.9. The van der Waals surface area contributed by atoms with E-state index in [1.807, 2.05) is 0 Å². The summed E-state index contributed by atoms with van der Waals surface area (Å²) >= 11 is 9.26. The summed E-state index contributed by atoms with van der Waals surface area (Å²) in [7, 11) is 2.87. The van der Waals surface area contributed by atoms with Crippen LogP contribution in [0.4, 0.5) is 17.2 Å². The van der Waals surface area contributed by atoms with Crippen molar-refractivity contribution in [2.75, 3.05) is 32.6 Å². The van der Waals surface area contributed by atoms with Gasteiger partial charge in [0.25, 0.3) is 0 Å². The number of esters is 2. The monoisotopic (exact) mass is 822 g/mol. The predicted molar refractivity (Wildman–Crippen MR) is 177 cm³/mol. The van der Waals surface area contributed by atoms with E-state index in [0.29, 0.717) is 27.6 Å². The van der Waals surface area contributed by atoms with E-state index in [9.17, 15) is 29.8 Å². The lowest BCUT2D eigenvalue weighted by Crippen LogP contribution is -2.26. The van der Waals surface area contributed by atoms with Crippen LogP contribution in [-0.4, -0.2) is 59.1 Å². The highest BCUT2D eigenvalue weighted by molar-refractivity contribution is 9.11. The largest absolute Gasteiger partial charge is 0.469 e. The minimum absolute atomic E-state index is 0.0143. The highest BCUT2D eigenvalue weighted by atomic mass is 79.9. The first kappa shape index (κ1) is 38.4. The number of nitrogens with two attached hydrogens (primary N) is 1. The minimum atomic E-state index is -0.497. The topological polar surface area (TPSA) is 203 Å². The van der Waals surface area contributed by atoms with Crippen molar-refractivity contribution in [3.63, 3.8) is 0 Å². The maximum atomic E-state index is 11.5. The number of carbonyl (C=O) groups excluding carboxylic acids is 2. The summed E-state index contributed by atoms with van der Waals surface area (Å²) in [6.45, 7) is 1.37. The van der Waals surface area contributed by atoms with E-state index in [1.54, 1.807) is 6.07 Å². The Bertz CT molecular complexity index is 1310. The van der Waals surface area contributed by atoms with Gasteiger partial charge in [-0.3, -0.25) is 29.8 Å². The molecule has 0 aliphatic heterocycles. The van der Waals surface area contributed by atoms with Gasteiger partial charge in [0.15, 0.2) is 4.60 Å². The zero-order valence-electron chi connectivity index (χ0n) is 25.0. The van der Waals surface area contributed by atoms with Gasteiger partial charge in [-0.25, -0.2) is 9.97 Å². The molecule has 2 fully saturated rings. The second-order valence-corrected chi connectivity index (χ2v) is 12.9. The summed E-state index contributed by atoms with van der Waals surface area (Å²) in [6.07, 6.45) is 7.46. The van der Waals surface area contributed by atoms with Crippen molar-refractivity contribution in [2.24, 2.45) is 29.4 Å². The molecule has 14 nitrogen and oxygen atoms in total. The van der Waals surface area contributed by atoms with Gasteiger partial charge < -0.3 is 20.5 Å². The van der Waals surface area contributed by atoms with Gasteiger partial charge in [0.1, 0.15) is 9.21 Å². The Morgan fingerprint density at radius 2 is 1.24 bits per heavy atom. The summed E-state index contributed by atoms with van der Waals surface area (Å²) in [5, 5.41) is 24.3. The van der Waals surface area contributed by atoms with Crippen LogP contribution in [0, 0.1) is 43.9 Å². The number of halogens is 3. The molecule has 2 aromatic rings. The van der Waals surface area contributed by atoms with Crippen LogP contribution < -0.4 is 11.1 Å². The molecule has 2 aliphatic rings. The number of nitrogens with zero attached hydrogens (tertiary/aromatic N) is 4. The predicted octanol–water partition coefficient (Wildman–Crippen LogP) is 6.58. The van der Waals surface area contributed by atoms with Crippen LogP contribution >= 0.6 is 47.8 Å². The summed E-state index contributed by atoms with van der Waals surface area (Å²) in [6, 6.07) is 5.86. The van der Waals surface area contributed by atoms with E-state index in [4.69, 9.17) is 10.5 Å². The van der Waals surface area contributed by atoms with Gasteiger partial charge in [-0.1, -0.05) is 0 Å². The lowest BCUT2D eigenvalue weighted by Gasteiger charge is -2.27. The molecule has 17 heteroatoms. The highest BCUT2D eigenvalue weighted by Gasteiger charge is 2.28. The molecule has 0 atom stereocenters. The number of carbonyl (C=O) groups is 2. The van der Waals surface area contributed by atoms with Crippen LogP contribution in [0.2, 0.25) is 0 Å². The summed E-state index contributed by atoms with van der Waals surface area (Å²) in [5.41, 5.74) is 5.47. The lowest BCUT2D eigenvalue weighted by atomic mass is 9.82. The molecular formula is C28H37Br3N6O8. The Morgan fingerprint density at radius 1 is 0.800 bits per heavy atom. The van der Waals surface area contributed by atoms with Crippen LogP contribution in [0.5, 0.6) is 0 Å². The fraction of sp³-hybridized carbons (Fsp3) is 0.571. The minimum Gasteiger partial charge on any atom is -0.469 e. The number of ether oxygens (including phenoxy) is 2. The molecule has 248 valence electrons. The number of hydrogen-bond acceptors (Lipinski definition) is 12. The third-order valence-corrected chi connectivity index (χ3v) is 9.15. The fourth-order valence-corrected chi connectivity index (χ4v) is 6.38. The van der Waals surface area contributed by atoms with E-state index in [-0.39, 0.29) is 45.6 Å². The van der Waals surface area contributed by atoms with E-state index in [1.165, 1.54) is 32.4 Å². The van der Waals surface area contributed by atoms with Crippen molar-refractivity contribution < 1.29 is 28.9 Å². The van der Waals surface area contributed by atoms with Crippen molar-refractivity contribution in [3.8, 4) is 0 Å². The molecule has 0 aromatic carbocycles. The molecule has 2 heterocycles. The number of aromatic nitrogens is 2. The van der Waals surface area contributed by atoms with Crippen LogP contribution in [0.3, 0.4) is 0 Å². The summed E-state index contributed by atoms with van der Waals surface area (Å²) in [5.74, 6) is 1.21. The molecule has 2 aromatic heterocycles. The fourth-order valence-electron chi connectivity index (χ4n) is 5.06. The van der Waals surface area contributed by atoms with Crippen molar-refractivity contribution in [3.05, 3.63) is 58.3 Å². The number of anilines is 1. The lowest BCUT2D eigenvalue weighted by molar-refractivity contribution is -0.386. The van der Waals surface area contributed by atoms with Gasteiger partial charge in [0.2, 0.25) is 5.82 Å². The van der Waals surface area contributed by atoms with Crippen molar-refractivity contribution in [1.29, 1.82) is 0 Å². The number of hydrogen-bond donors (Lipinski definition) is 2. The average molecular weight is 825 g/mol. The molecule has 0 unspecified atom stereocenters. The molecule has 0 bridgehead atoms. The second kappa shape index (κ2) is 19.7. The molecule has 0 saturated heterocycles. The molecule has 2 aliphatic carbocycles. The van der Waals surface area contributed by atoms with E-state index in [0.717, 1.165) is 57.9 Å². The Morgan fingerprint density at radius 3 is 1.67 bits per heavy atom. The van der Waals surface area contributed by atoms with E-state index < -0.39 is 9.85 Å². The summed E-state index contributed by atoms with van der Waals surface area (Å²) < 4.78 is 10.8. The SMILES string of the molecule is COC(=O)C1CCC(CN)CC1.COC(=O)C1CCC(CNc2nc(Br)ccc2[N+](=O)[O-])CC1.O=[N+]([O-])c1ccc(Br)nc1Br. The molecule has 3 N–H and O–H groups in total. The molecule has 0 amide bonds. The maximum absolute atomic E-state index is 11.5. The Balaban J connectivity index is 0.000000259. The first-order chi connectivity index (χ1) is 21.4. The highest BCUT2D eigenvalue weighted by Crippen LogP contribution is 2.31. The molecular weight excluding hydrogens is 788 g/mol. The number of nitro groups is 2. The molecule has 0 spiro atoms. The summed E-state index contributed by atoms with van der Waals surface area (Å²) in [4.78, 5) is 50.8. The van der Waals surface area contributed by atoms with Gasteiger partial charge in [0.05, 0.1) is 35.9 Å². The first-order valence-electron chi connectivity index (χ1n) is 14.3. The zero-order chi connectivity index (χ0) is 33.5. The Hall–Kier alpha value is -2.76. The molecule has 45 heavy (non-hydrogen) atoms. The van der Waals surface area contributed by atoms with Crippen LogP contribution in [0.25, 0.3) is 0 Å². The van der Waals surface area contributed by atoms with E-state index in [2.05, 4.69) is 67.8 Å². The normalized spacial score (nSPS) is 20.7. The quantitative estimate of drug-likeness (QED) is 0.125. The third-order valence-electron chi connectivity index (χ3n) is 7.68. The van der Waals surface area contributed by atoms with Gasteiger partial charge in [-0.2, -0.15) is 0 Å². The maximum Gasteiger partial charge on any atom is 0.311 e. The van der Waals surface area contributed by atoms with Gasteiger partial charge >= 0.3 is 23.3 Å². The van der Waals surface area contributed by atoms with E-state index >= 15 is 0 Å². The van der Waals surface area contributed by atoms with Gasteiger partial charge in [0, 0.05) is 18.7 Å². The number of pyridine rings is 2. The standard InChI is InChI=1S/C14H18BrN3O4.C9H17NO2.C5H2Br2N2O2/c1-22-14(19)10-4-2-9(3-5-10)8-16-13-11(18(20)21)6-7-12(15)17-13;1-12-9(11)8-4-2-7(6-10)3-5-8;6-4-2-1-3(9(10)11)5(7)8-4/h6-7,9-10H,2-5,8H2,1H3,(H,16,17);7-8H,2-6,10H2,1H3;1-2H. The first-order valence-corrected chi connectivity index (χ1v) is 16.6. The smallest absolute Gasteiger partial charge is 0.311 e. The molecule has 4 rings (SSSR count).